The molecule has 3 nitrogen and oxygen atoms in total. The number of benzene rings is 1. The van der Waals surface area contributed by atoms with Crippen LogP contribution in [0.3, 0.4) is 0 Å². The third-order valence-corrected chi connectivity index (χ3v) is 4.38. The summed E-state index contributed by atoms with van der Waals surface area (Å²) in [4.78, 5) is 1.16. The second kappa shape index (κ2) is 6.02. The van der Waals surface area contributed by atoms with Crippen molar-refractivity contribution in [2.75, 3.05) is 0 Å². The quantitative estimate of drug-likeness (QED) is 0.517. The molecular formula is C13H12BrNO2S. The number of oxime groups is 1. The average molecular weight is 326 g/mol. The third-order valence-electron chi connectivity index (χ3n) is 2.48. The summed E-state index contributed by atoms with van der Waals surface area (Å²) in [6.45, 7) is 2.29. The van der Waals surface area contributed by atoms with E-state index in [4.69, 9.17) is 9.94 Å². The van der Waals surface area contributed by atoms with E-state index in [0.29, 0.717) is 12.3 Å². The molecule has 0 aliphatic rings. The monoisotopic (exact) mass is 325 g/mol. The molecule has 0 spiro atoms. The number of thiophene rings is 1. The van der Waals surface area contributed by atoms with Crippen LogP contribution in [0.1, 0.15) is 17.4 Å². The lowest BCUT2D eigenvalue weighted by Crippen LogP contribution is -1.96. The summed E-state index contributed by atoms with van der Waals surface area (Å²) in [6.07, 6.45) is 0. The Bertz CT molecular complexity index is 548. The van der Waals surface area contributed by atoms with Gasteiger partial charge in [0.2, 0.25) is 0 Å². The first-order valence-corrected chi connectivity index (χ1v) is 7.01. The normalized spacial score (nSPS) is 11.6. The maximum atomic E-state index is 8.67. The van der Waals surface area contributed by atoms with Crippen LogP contribution in [0, 0.1) is 0 Å². The van der Waals surface area contributed by atoms with Crippen molar-refractivity contribution in [3.8, 4) is 5.75 Å². The van der Waals surface area contributed by atoms with E-state index >= 15 is 0 Å². The first-order chi connectivity index (χ1) is 8.70. The lowest BCUT2D eigenvalue weighted by molar-refractivity contribution is 0.309. The highest BCUT2D eigenvalue weighted by molar-refractivity contribution is 9.10. The molecule has 1 aromatic heterocycles. The minimum absolute atomic E-state index is 0.546. The Balaban J connectivity index is 2.01. The Kier molecular flexibility index (Phi) is 4.38. The smallest absolute Gasteiger partial charge is 0.124 e. The van der Waals surface area contributed by atoms with Gasteiger partial charge in [0.15, 0.2) is 0 Å². The summed E-state index contributed by atoms with van der Waals surface area (Å²) in [5.41, 5.74) is 1.46. The number of nitrogens with zero attached hydrogens (tertiary/aromatic N) is 1. The largest absolute Gasteiger partial charge is 0.488 e. The van der Waals surface area contributed by atoms with Gasteiger partial charge in [-0.25, -0.2) is 0 Å². The van der Waals surface area contributed by atoms with E-state index in [9.17, 15) is 0 Å². The molecule has 0 unspecified atom stereocenters. The van der Waals surface area contributed by atoms with Crippen molar-refractivity contribution in [1.82, 2.24) is 0 Å². The molecule has 0 saturated heterocycles. The number of halogens is 1. The zero-order chi connectivity index (χ0) is 13.0. The van der Waals surface area contributed by atoms with Crippen LogP contribution < -0.4 is 4.74 Å². The fourth-order valence-electron chi connectivity index (χ4n) is 1.43. The van der Waals surface area contributed by atoms with Gasteiger partial charge in [-0.2, -0.15) is 0 Å². The number of hydrogen-bond acceptors (Lipinski definition) is 4. The van der Waals surface area contributed by atoms with Crippen LogP contribution in [0.2, 0.25) is 0 Å². The van der Waals surface area contributed by atoms with Crippen molar-refractivity contribution in [3.05, 3.63) is 50.6 Å². The maximum absolute atomic E-state index is 8.67. The van der Waals surface area contributed by atoms with Gasteiger partial charge in [-0.1, -0.05) is 5.16 Å². The summed E-state index contributed by atoms with van der Waals surface area (Å²) < 4.78 is 6.75. The zero-order valence-corrected chi connectivity index (χ0v) is 12.2. The molecular weight excluding hydrogens is 314 g/mol. The van der Waals surface area contributed by atoms with Gasteiger partial charge in [0, 0.05) is 4.47 Å². The molecule has 0 amide bonds. The standard InChI is InChI=1S/C13H12BrNO2S/c1-9(15-16)10-2-4-11(5-3-10)17-8-13-12(14)6-7-18-13/h2-7,16H,8H2,1H3. The van der Waals surface area contributed by atoms with Gasteiger partial charge in [-0.3, -0.25) is 0 Å². The Morgan fingerprint density at radius 3 is 2.61 bits per heavy atom. The fraction of sp³-hybridized carbons (Fsp3) is 0.154. The Labute approximate surface area is 118 Å². The molecule has 2 rings (SSSR count). The van der Waals surface area contributed by atoms with Crippen LogP contribution in [0.5, 0.6) is 5.75 Å². The lowest BCUT2D eigenvalue weighted by Gasteiger charge is -2.06. The molecule has 18 heavy (non-hydrogen) atoms. The first-order valence-electron chi connectivity index (χ1n) is 5.34. The molecule has 5 heteroatoms. The van der Waals surface area contributed by atoms with Gasteiger partial charge in [-0.05, 0) is 64.1 Å². The summed E-state index contributed by atoms with van der Waals surface area (Å²) in [5, 5.41) is 13.8. The molecule has 0 aliphatic carbocycles. The highest BCUT2D eigenvalue weighted by atomic mass is 79.9. The van der Waals surface area contributed by atoms with Gasteiger partial charge < -0.3 is 9.94 Å². The fourth-order valence-corrected chi connectivity index (χ4v) is 2.81. The number of hydrogen-bond donors (Lipinski definition) is 1. The second-order valence-corrected chi connectivity index (χ2v) is 5.55. The highest BCUT2D eigenvalue weighted by Crippen LogP contribution is 2.24. The van der Waals surface area contributed by atoms with E-state index in [1.807, 2.05) is 35.7 Å². The zero-order valence-electron chi connectivity index (χ0n) is 9.76. The molecule has 0 bridgehead atoms. The summed E-state index contributed by atoms with van der Waals surface area (Å²) in [6, 6.07) is 9.48. The van der Waals surface area contributed by atoms with Crippen molar-refractivity contribution in [2.45, 2.75) is 13.5 Å². The van der Waals surface area contributed by atoms with Crippen LogP contribution in [-0.4, -0.2) is 10.9 Å². The SMILES string of the molecule is CC(=NO)c1ccc(OCc2sccc2Br)cc1. The molecule has 0 saturated carbocycles. The van der Waals surface area contributed by atoms with Crippen LogP contribution in [0.25, 0.3) is 0 Å². The third kappa shape index (κ3) is 3.11. The average Bonchev–Trinajstić information content (AvgIpc) is 2.81. The number of rotatable bonds is 4. The highest BCUT2D eigenvalue weighted by Gasteiger charge is 2.03. The van der Waals surface area contributed by atoms with Crippen molar-refractivity contribution in [1.29, 1.82) is 0 Å². The Morgan fingerprint density at radius 2 is 2.06 bits per heavy atom. The lowest BCUT2D eigenvalue weighted by atomic mass is 10.1. The first kappa shape index (κ1) is 13.1. The molecule has 1 N–H and O–H groups in total. The van der Waals surface area contributed by atoms with Crippen molar-refractivity contribution < 1.29 is 9.94 Å². The topological polar surface area (TPSA) is 41.8 Å². The second-order valence-electron chi connectivity index (χ2n) is 3.69. The van der Waals surface area contributed by atoms with E-state index in [1.54, 1.807) is 18.3 Å². The van der Waals surface area contributed by atoms with Crippen LogP contribution in [0.15, 0.2) is 45.3 Å². The molecule has 1 heterocycles. The molecule has 0 radical (unpaired) electrons. The minimum atomic E-state index is 0.546. The minimum Gasteiger partial charge on any atom is -0.488 e. The van der Waals surface area contributed by atoms with Crippen LogP contribution in [-0.2, 0) is 6.61 Å². The number of ether oxygens (including phenoxy) is 1. The van der Waals surface area contributed by atoms with Gasteiger partial charge in [0.25, 0.3) is 0 Å². The van der Waals surface area contributed by atoms with E-state index < -0.39 is 0 Å². The summed E-state index contributed by atoms with van der Waals surface area (Å²) in [5.74, 6) is 0.796. The molecule has 94 valence electrons. The molecule has 0 fully saturated rings. The van der Waals surface area contributed by atoms with Crippen molar-refractivity contribution in [3.63, 3.8) is 0 Å². The van der Waals surface area contributed by atoms with Gasteiger partial charge >= 0.3 is 0 Å². The van der Waals surface area contributed by atoms with Gasteiger partial charge in [0.1, 0.15) is 12.4 Å². The van der Waals surface area contributed by atoms with Crippen molar-refractivity contribution in [2.24, 2.45) is 5.16 Å². The predicted octanol–water partition coefficient (Wildman–Crippen LogP) is 4.29. The van der Waals surface area contributed by atoms with E-state index in [-0.39, 0.29) is 0 Å². The van der Waals surface area contributed by atoms with Crippen LogP contribution >= 0.6 is 27.3 Å². The Morgan fingerprint density at radius 1 is 1.33 bits per heavy atom. The van der Waals surface area contributed by atoms with E-state index in [2.05, 4.69) is 21.1 Å². The molecule has 2 aromatic rings. The van der Waals surface area contributed by atoms with Crippen molar-refractivity contribution >= 4 is 33.0 Å². The van der Waals surface area contributed by atoms with Gasteiger partial charge in [0.05, 0.1) is 10.6 Å². The Hall–Kier alpha value is -1.33. The van der Waals surface area contributed by atoms with Crippen LogP contribution in [0.4, 0.5) is 0 Å². The summed E-state index contributed by atoms with van der Waals surface area (Å²) in [7, 11) is 0. The molecule has 0 atom stereocenters. The van der Waals surface area contributed by atoms with Gasteiger partial charge in [-0.15, -0.1) is 11.3 Å². The van der Waals surface area contributed by atoms with E-state index in [0.717, 1.165) is 20.7 Å². The summed E-state index contributed by atoms with van der Waals surface area (Å²) >= 11 is 5.12. The predicted molar refractivity (Wildman–Crippen MR) is 76.8 cm³/mol. The maximum Gasteiger partial charge on any atom is 0.124 e. The molecule has 0 aliphatic heterocycles. The molecule has 1 aromatic carbocycles. The van der Waals surface area contributed by atoms with E-state index in [1.165, 1.54) is 0 Å².